The zero-order valence-electron chi connectivity index (χ0n) is 9.71. The van der Waals surface area contributed by atoms with Gasteiger partial charge >= 0.3 is 0 Å². The lowest BCUT2D eigenvalue weighted by Gasteiger charge is -2.09. The molecule has 1 aliphatic carbocycles. The number of rotatable bonds is 3. The van der Waals surface area contributed by atoms with Gasteiger partial charge in [-0.3, -0.25) is 4.79 Å². The molecule has 3 heteroatoms. The maximum atomic E-state index is 12.3. The highest BCUT2D eigenvalue weighted by Crippen LogP contribution is 2.53. The first-order chi connectivity index (χ1) is 7.45. The van der Waals surface area contributed by atoms with E-state index in [9.17, 15) is 4.79 Å². The van der Waals surface area contributed by atoms with E-state index in [0.29, 0.717) is 5.75 Å². The van der Waals surface area contributed by atoms with Gasteiger partial charge in [-0.15, -0.1) is 0 Å². The third kappa shape index (κ3) is 2.10. The summed E-state index contributed by atoms with van der Waals surface area (Å²) >= 11 is 2.22. The molecule has 1 fully saturated rings. The second kappa shape index (κ2) is 4.02. The van der Waals surface area contributed by atoms with Crippen molar-refractivity contribution in [3.05, 3.63) is 27.3 Å². The number of Topliss-reactive ketones (excluding diaryl/α,β-unsaturated/α-hetero) is 1. The molecule has 0 aromatic heterocycles. The van der Waals surface area contributed by atoms with Gasteiger partial charge in [-0.1, -0.05) is 13.8 Å². The average Bonchev–Trinajstić information content (AvgIpc) is 2.86. The minimum atomic E-state index is 0.166. The Bertz CT molecular complexity index is 438. The number of hydrogen-bond donors (Lipinski definition) is 0. The van der Waals surface area contributed by atoms with Crippen molar-refractivity contribution in [2.75, 3.05) is 7.11 Å². The fourth-order valence-electron chi connectivity index (χ4n) is 1.98. The highest BCUT2D eigenvalue weighted by Gasteiger charge is 2.50. The Morgan fingerprint density at radius 3 is 2.62 bits per heavy atom. The normalized spacial score (nSPS) is 21.6. The molecule has 0 bridgehead atoms. The molecule has 0 aliphatic heterocycles. The van der Waals surface area contributed by atoms with Crippen LogP contribution < -0.4 is 4.74 Å². The fourth-order valence-corrected chi connectivity index (χ4v) is 2.47. The summed E-state index contributed by atoms with van der Waals surface area (Å²) in [6.45, 7) is 4.27. The molecule has 86 valence electrons. The molecule has 1 saturated carbocycles. The third-order valence-electron chi connectivity index (χ3n) is 3.26. The van der Waals surface area contributed by atoms with Crippen molar-refractivity contribution in [2.24, 2.45) is 11.3 Å². The molecule has 0 spiro atoms. The van der Waals surface area contributed by atoms with Crippen LogP contribution in [-0.4, -0.2) is 12.9 Å². The number of ketones is 1. The highest BCUT2D eigenvalue weighted by atomic mass is 127. The van der Waals surface area contributed by atoms with Crippen LogP contribution in [-0.2, 0) is 0 Å². The van der Waals surface area contributed by atoms with E-state index in [-0.39, 0.29) is 17.1 Å². The van der Waals surface area contributed by atoms with E-state index >= 15 is 0 Å². The van der Waals surface area contributed by atoms with Crippen molar-refractivity contribution in [1.82, 2.24) is 0 Å². The SMILES string of the molecule is COc1ccc(I)cc1C(=O)C1CC1(C)C. The molecular weight excluding hydrogens is 315 g/mol. The van der Waals surface area contributed by atoms with E-state index in [0.717, 1.165) is 15.6 Å². The summed E-state index contributed by atoms with van der Waals surface area (Å²) in [5, 5.41) is 0. The van der Waals surface area contributed by atoms with Crippen LogP contribution in [0.25, 0.3) is 0 Å². The van der Waals surface area contributed by atoms with Crippen LogP contribution in [0.2, 0.25) is 0 Å². The van der Waals surface area contributed by atoms with E-state index in [4.69, 9.17) is 4.74 Å². The number of carbonyl (C=O) groups is 1. The molecule has 1 aromatic carbocycles. The Kier molecular flexibility index (Phi) is 2.99. The van der Waals surface area contributed by atoms with Gasteiger partial charge in [0.2, 0.25) is 0 Å². The van der Waals surface area contributed by atoms with Gasteiger partial charge in [0.15, 0.2) is 5.78 Å². The molecule has 0 radical (unpaired) electrons. The van der Waals surface area contributed by atoms with E-state index < -0.39 is 0 Å². The number of ether oxygens (including phenoxy) is 1. The first-order valence-electron chi connectivity index (χ1n) is 5.33. The second-order valence-electron chi connectivity index (χ2n) is 4.95. The highest BCUT2D eigenvalue weighted by molar-refractivity contribution is 14.1. The fraction of sp³-hybridized carbons (Fsp3) is 0.462. The maximum absolute atomic E-state index is 12.3. The van der Waals surface area contributed by atoms with Gasteiger partial charge in [-0.05, 0) is 52.6 Å². The quantitative estimate of drug-likeness (QED) is 0.626. The second-order valence-corrected chi connectivity index (χ2v) is 6.20. The van der Waals surface area contributed by atoms with Crippen molar-refractivity contribution >= 4 is 28.4 Å². The molecule has 0 heterocycles. The lowest BCUT2D eigenvalue weighted by molar-refractivity contribution is 0.0950. The van der Waals surface area contributed by atoms with Crippen LogP contribution in [0.5, 0.6) is 5.75 Å². The zero-order chi connectivity index (χ0) is 11.9. The Labute approximate surface area is 110 Å². The van der Waals surface area contributed by atoms with Gasteiger partial charge in [0, 0.05) is 9.49 Å². The summed E-state index contributed by atoms with van der Waals surface area (Å²) in [5.74, 6) is 1.08. The van der Waals surface area contributed by atoms with Gasteiger partial charge in [0.1, 0.15) is 5.75 Å². The standard InChI is InChI=1S/C13H15IO2/c1-13(2)7-10(13)12(15)9-6-8(14)4-5-11(9)16-3/h4-6,10H,7H2,1-3H3. The van der Waals surface area contributed by atoms with Crippen LogP contribution >= 0.6 is 22.6 Å². The number of methoxy groups -OCH3 is 1. The lowest BCUT2D eigenvalue weighted by Crippen LogP contribution is -2.08. The topological polar surface area (TPSA) is 26.3 Å². The molecule has 1 unspecified atom stereocenters. The van der Waals surface area contributed by atoms with E-state index in [2.05, 4.69) is 36.4 Å². The summed E-state index contributed by atoms with van der Waals surface area (Å²) in [6.07, 6.45) is 0.987. The number of benzene rings is 1. The minimum absolute atomic E-state index is 0.166. The van der Waals surface area contributed by atoms with E-state index in [1.165, 1.54) is 0 Å². The average molecular weight is 330 g/mol. The number of carbonyl (C=O) groups excluding carboxylic acids is 1. The molecule has 2 rings (SSSR count). The van der Waals surface area contributed by atoms with Crippen LogP contribution in [0, 0.1) is 14.9 Å². The summed E-state index contributed by atoms with van der Waals surface area (Å²) < 4.78 is 6.31. The van der Waals surface area contributed by atoms with Crippen molar-refractivity contribution in [3.63, 3.8) is 0 Å². The van der Waals surface area contributed by atoms with Gasteiger partial charge < -0.3 is 4.74 Å². The summed E-state index contributed by atoms with van der Waals surface area (Å²) in [7, 11) is 1.61. The molecule has 0 amide bonds. The summed E-state index contributed by atoms with van der Waals surface area (Å²) in [4.78, 5) is 12.3. The Hall–Kier alpha value is -0.580. The smallest absolute Gasteiger partial charge is 0.170 e. The molecule has 0 saturated heterocycles. The third-order valence-corrected chi connectivity index (χ3v) is 3.93. The lowest BCUT2D eigenvalue weighted by atomic mass is 10.0. The summed E-state index contributed by atoms with van der Waals surface area (Å²) in [5.41, 5.74) is 0.897. The largest absolute Gasteiger partial charge is 0.496 e. The zero-order valence-corrected chi connectivity index (χ0v) is 11.9. The monoisotopic (exact) mass is 330 g/mol. The van der Waals surface area contributed by atoms with Gasteiger partial charge in [-0.25, -0.2) is 0 Å². The molecule has 16 heavy (non-hydrogen) atoms. The Morgan fingerprint density at radius 2 is 2.12 bits per heavy atom. The molecule has 1 atom stereocenters. The van der Waals surface area contributed by atoms with Crippen molar-refractivity contribution in [1.29, 1.82) is 0 Å². The first-order valence-corrected chi connectivity index (χ1v) is 6.41. The molecular formula is C13H15IO2. The molecule has 0 N–H and O–H groups in total. The van der Waals surface area contributed by atoms with Crippen molar-refractivity contribution in [3.8, 4) is 5.75 Å². The van der Waals surface area contributed by atoms with Gasteiger partial charge in [0.25, 0.3) is 0 Å². The minimum Gasteiger partial charge on any atom is -0.496 e. The van der Waals surface area contributed by atoms with Crippen LogP contribution in [0.15, 0.2) is 18.2 Å². The van der Waals surface area contributed by atoms with Crippen LogP contribution in [0.3, 0.4) is 0 Å². The van der Waals surface area contributed by atoms with Crippen molar-refractivity contribution in [2.45, 2.75) is 20.3 Å². The van der Waals surface area contributed by atoms with Gasteiger partial charge in [-0.2, -0.15) is 0 Å². The maximum Gasteiger partial charge on any atom is 0.170 e. The van der Waals surface area contributed by atoms with Crippen LogP contribution in [0.4, 0.5) is 0 Å². The molecule has 1 aliphatic rings. The number of halogens is 1. The first kappa shape index (κ1) is 11.9. The van der Waals surface area contributed by atoms with Gasteiger partial charge in [0.05, 0.1) is 12.7 Å². The van der Waals surface area contributed by atoms with E-state index in [1.807, 2.05) is 18.2 Å². The predicted molar refractivity (Wildman–Crippen MR) is 71.9 cm³/mol. The summed E-state index contributed by atoms with van der Waals surface area (Å²) in [6, 6.07) is 5.73. The molecule has 2 nitrogen and oxygen atoms in total. The Morgan fingerprint density at radius 1 is 1.50 bits per heavy atom. The molecule has 1 aromatic rings. The Balaban J connectivity index is 2.33. The van der Waals surface area contributed by atoms with Crippen LogP contribution in [0.1, 0.15) is 30.6 Å². The van der Waals surface area contributed by atoms with Crippen molar-refractivity contribution < 1.29 is 9.53 Å². The number of hydrogen-bond acceptors (Lipinski definition) is 2. The van der Waals surface area contributed by atoms with E-state index in [1.54, 1.807) is 7.11 Å². The predicted octanol–water partition coefficient (Wildman–Crippen LogP) is 3.53.